The molecule has 1 aliphatic rings. The smallest absolute Gasteiger partial charge is 0.124 e. The maximum atomic E-state index is 9.78. The fourth-order valence-electron chi connectivity index (χ4n) is 2.74. The van der Waals surface area contributed by atoms with Crippen molar-refractivity contribution < 1.29 is 14.6 Å². The van der Waals surface area contributed by atoms with Crippen molar-refractivity contribution in [3.05, 3.63) is 23.8 Å². The third kappa shape index (κ3) is 3.19. The van der Waals surface area contributed by atoms with Gasteiger partial charge in [0.2, 0.25) is 0 Å². The first-order valence-corrected chi connectivity index (χ1v) is 6.87. The first-order chi connectivity index (χ1) is 9.30. The molecular weight excluding hydrogens is 242 g/mol. The molecular formula is C15H23NO3. The highest BCUT2D eigenvalue weighted by Crippen LogP contribution is 2.33. The minimum atomic E-state index is -0.00894. The van der Waals surface area contributed by atoms with Gasteiger partial charge < -0.3 is 14.6 Å². The van der Waals surface area contributed by atoms with E-state index in [1.807, 2.05) is 18.2 Å². The highest BCUT2D eigenvalue weighted by molar-refractivity contribution is 5.42. The summed E-state index contributed by atoms with van der Waals surface area (Å²) in [6.07, 6.45) is 3.68. The largest absolute Gasteiger partial charge is 0.497 e. The van der Waals surface area contributed by atoms with Crippen molar-refractivity contribution in [3.63, 3.8) is 0 Å². The number of hydrogen-bond donors (Lipinski definition) is 1. The topological polar surface area (TPSA) is 41.9 Å². The number of methoxy groups -OCH3 is 2. The Morgan fingerprint density at radius 1 is 1.16 bits per heavy atom. The molecule has 0 aromatic heterocycles. The number of hydrogen-bond acceptors (Lipinski definition) is 4. The Hall–Kier alpha value is -1.26. The number of benzene rings is 1. The van der Waals surface area contributed by atoms with Crippen molar-refractivity contribution in [1.82, 2.24) is 4.90 Å². The van der Waals surface area contributed by atoms with Crippen LogP contribution in [0, 0.1) is 0 Å². The molecule has 1 unspecified atom stereocenters. The van der Waals surface area contributed by atoms with Crippen LogP contribution in [0.1, 0.15) is 30.9 Å². The molecule has 0 amide bonds. The minimum Gasteiger partial charge on any atom is -0.497 e. The minimum absolute atomic E-state index is 0.00894. The summed E-state index contributed by atoms with van der Waals surface area (Å²) < 4.78 is 10.7. The molecule has 1 atom stereocenters. The molecule has 4 nitrogen and oxygen atoms in total. The first kappa shape index (κ1) is 14.2. The highest BCUT2D eigenvalue weighted by atomic mass is 16.5. The first-order valence-electron chi connectivity index (χ1n) is 6.87. The number of ether oxygens (including phenoxy) is 2. The Balaban J connectivity index is 2.29. The lowest BCUT2D eigenvalue weighted by atomic mass is 10.0. The summed E-state index contributed by atoms with van der Waals surface area (Å²) in [5.41, 5.74) is 1.01. The van der Waals surface area contributed by atoms with Gasteiger partial charge in [0, 0.05) is 5.56 Å². The zero-order chi connectivity index (χ0) is 13.7. The zero-order valence-corrected chi connectivity index (χ0v) is 11.8. The Kier molecular flexibility index (Phi) is 5.05. The van der Waals surface area contributed by atoms with Crippen LogP contribution in [0.4, 0.5) is 0 Å². The second kappa shape index (κ2) is 6.78. The van der Waals surface area contributed by atoms with E-state index in [4.69, 9.17) is 9.47 Å². The van der Waals surface area contributed by atoms with Crippen LogP contribution < -0.4 is 9.47 Å². The summed E-state index contributed by atoms with van der Waals surface area (Å²) in [6, 6.07) is 5.74. The lowest BCUT2D eigenvalue weighted by molar-refractivity contribution is 0.102. The predicted octanol–water partition coefficient (Wildman–Crippen LogP) is 2.22. The van der Waals surface area contributed by atoms with Crippen LogP contribution in [0.2, 0.25) is 0 Å². The molecule has 0 saturated carbocycles. The summed E-state index contributed by atoms with van der Waals surface area (Å²) in [7, 11) is 3.32. The third-order valence-corrected chi connectivity index (χ3v) is 3.80. The van der Waals surface area contributed by atoms with E-state index in [1.54, 1.807) is 14.2 Å². The average Bonchev–Trinajstić information content (AvgIpc) is 2.49. The van der Waals surface area contributed by atoms with Crippen molar-refractivity contribution in [3.8, 4) is 11.5 Å². The van der Waals surface area contributed by atoms with Gasteiger partial charge >= 0.3 is 0 Å². The van der Waals surface area contributed by atoms with Crippen LogP contribution in [-0.4, -0.2) is 43.9 Å². The molecule has 19 heavy (non-hydrogen) atoms. The molecule has 1 N–H and O–H groups in total. The van der Waals surface area contributed by atoms with E-state index >= 15 is 0 Å². The van der Waals surface area contributed by atoms with E-state index in [0.29, 0.717) is 0 Å². The molecule has 1 heterocycles. The quantitative estimate of drug-likeness (QED) is 0.886. The molecule has 1 aromatic rings. The molecule has 1 aliphatic heterocycles. The lowest BCUT2D eigenvalue weighted by Gasteiger charge is -2.34. The molecule has 106 valence electrons. The number of rotatable bonds is 5. The second-order valence-electron chi connectivity index (χ2n) is 4.90. The fourth-order valence-corrected chi connectivity index (χ4v) is 2.74. The van der Waals surface area contributed by atoms with Gasteiger partial charge in [-0.2, -0.15) is 0 Å². The monoisotopic (exact) mass is 265 g/mol. The average molecular weight is 265 g/mol. The van der Waals surface area contributed by atoms with Crippen LogP contribution in [0.15, 0.2) is 18.2 Å². The van der Waals surface area contributed by atoms with Gasteiger partial charge in [-0.3, -0.25) is 4.90 Å². The van der Waals surface area contributed by atoms with Crippen molar-refractivity contribution >= 4 is 0 Å². The van der Waals surface area contributed by atoms with Gasteiger partial charge in [-0.1, -0.05) is 6.42 Å². The molecule has 0 aliphatic carbocycles. The Bertz CT molecular complexity index is 402. The molecule has 0 radical (unpaired) electrons. The van der Waals surface area contributed by atoms with Crippen molar-refractivity contribution in [1.29, 1.82) is 0 Å². The van der Waals surface area contributed by atoms with Crippen molar-refractivity contribution in [2.75, 3.05) is 33.9 Å². The summed E-state index contributed by atoms with van der Waals surface area (Å²) in [4.78, 5) is 2.33. The maximum Gasteiger partial charge on any atom is 0.124 e. The molecule has 4 heteroatoms. The Labute approximate surface area is 114 Å². The van der Waals surface area contributed by atoms with Gasteiger partial charge in [0.05, 0.1) is 26.9 Å². The second-order valence-corrected chi connectivity index (χ2v) is 4.90. The number of aliphatic hydroxyl groups is 1. The van der Waals surface area contributed by atoms with Gasteiger partial charge in [0.15, 0.2) is 0 Å². The number of likely N-dealkylation sites (tertiary alicyclic amines) is 1. The Morgan fingerprint density at radius 3 is 2.47 bits per heavy atom. The molecule has 1 aromatic carbocycles. The van der Waals surface area contributed by atoms with E-state index in [0.717, 1.165) is 30.2 Å². The standard InChI is InChI=1S/C15H23NO3/c1-18-12-6-7-15(19-2)13(10-12)14(11-17)16-8-4-3-5-9-16/h6-7,10,14,17H,3-5,8-9,11H2,1-2H3. The van der Waals surface area contributed by atoms with E-state index in [-0.39, 0.29) is 12.6 Å². The van der Waals surface area contributed by atoms with Gasteiger partial charge in [-0.15, -0.1) is 0 Å². The third-order valence-electron chi connectivity index (χ3n) is 3.80. The Morgan fingerprint density at radius 2 is 1.89 bits per heavy atom. The highest BCUT2D eigenvalue weighted by Gasteiger charge is 2.24. The fraction of sp³-hybridized carbons (Fsp3) is 0.600. The summed E-state index contributed by atoms with van der Waals surface area (Å²) >= 11 is 0. The molecule has 0 bridgehead atoms. The van der Waals surface area contributed by atoms with E-state index in [9.17, 15) is 5.11 Å². The zero-order valence-electron chi connectivity index (χ0n) is 11.8. The number of piperidine rings is 1. The summed E-state index contributed by atoms with van der Waals surface area (Å²) in [5, 5.41) is 9.78. The van der Waals surface area contributed by atoms with Gasteiger partial charge in [-0.05, 0) is 44.1 Å². The predicted molar refractivity (Wildman–Crippen MR) is 74.8 cm³/mol. The van der Waals surface area contributed by atoms with Crippen LogP contribution in [-0.2, 0) is 0 Å². The van der Waals surface area contributed by atoms with Crippen LogP contribution in [0.25, 0.3) is 0 Å². The molecule has 1 fully saturated rings. The van der Waals surface area contributed by atoms with E-state index in [1.165, 1.54) is 19.3 Å². The van der Waals surface area contributed by atoms with Crippen LogP contribution in [0.5, 0.6) is 11.5 Å². The van der Waals surface area contributed by atoms with Gasteiger partial charge in [0.25, 0.3) is 0 Å². The van der Waals surface area contributed by atoms with E-state index in [2.05, 4.69) is 4.90 Å². The molecule has 0 spiro atoms. The van der Waals surface area contributed by atoms with Crippen molar-refractivity contribution in [2.24, 2.45) is 0 Å². The SMILES string of the molecule is COc1ccc(OC)c(C(CO)N2CCCCC2)c1. The van der Waals surface area contributed by atoms with Crippen molar-refractivity contribution in [2.45, 2.75) is 25.3 Å². The van der Waals surface area contributed by atoms with Gasteiger partial charge in [-0.25, -0.2) is 0 Å². The molecule has 1 saturated heterocycles. The normalized spacial score (nSPS) is 18.1. The number of aliphatic hydroxyl groups excluding tert-OH is 1. The van der Waals surface area contributed by atoms with E-state index < -0.39 is 0 Å². The maximum absolute atomic E-state index is 9.78. The van der Waals surface area contributed by atoms with Gasteiger partial charge in [0.1, 0.15) is 11.5 Å². The van der Waals surface area contributed by atoms with Crippen LogP contribution in [0.3, 0.4) is 0 Å². The summed E-state index contributed by atoms with van der Waals surface area (Å²) in [6.45, 7) is 2.17. The lowest BCUT2D eigenvalue weighted by Crippen LogP contribution is -2.35. The van der Waals surface area contributed by atoms with Crippen LogP contribution >= 0.6 is 0 Å². The molecule has 2 rings (SSSR count). The summed E-state index contributed by atoms with van der Waals surface area (Å²) in [5.74, 6) is 1.61. The number of nitrogens with zero attached hydrogens (tertiary/aromatic N) is 1.